The lowest BCUT2D eigenvalue weighted by atomic mass is 9.86. The van der Waals surface area contributed by atoms with Gasteiger partial charge >= 0.3 is 11.9 Å². The standard InChI is InChI=1S/C39H44Cl2N2O6/c1-25(40)32(26(2)41)23-34(31-14-15-33(46-3)35(22-31)47-4)48-38(44)30-12-10-27(11-13-30)16-19-42-37(29-8-6-5-7-9-29)39(45)49-36-24-43-20-17-28(36)18-21-43/h5-15,22,28,34,36-37,42H,1,16-21,23-24H2,2-4H3/b32-26+/t34-,36-,37?/m0/s1. The van der Waals surface area contributed by atoms with Crippen molar-refractivity contribution >= 4 is 35.1 Å². The lowest BCUT2D eigenvalue weighted by molar-refractivity contribution is -0.161. The zero-order valence-electron chi connectivity index (χ0n) is 28.3. The third kappa shape index (κ3) is 9.45. The van der Waals surface area contributed by atoms with E-state index in [1.54, 1.807) is 45.4 Å². The molecule has 2 bridgehead atoms. The first kappa shape index (κ1) is 36.5. The van der Waals surface area contributed by atoms with Gasteiger partial charge in [-0.2, -0.15) is 0 Å². The number of rotatable bonds is 15. The van der Waals surface area contributed by atoms with Gasteiger partial charge in [-0.05, 0) is 91.7 Å². The molecule has 3 heterocycles. The van der Waals surface area contributed by atoms with Gasteiger partial charge in [-0.3, -0.25) is 4.90 Å². The molecular weight excluding hydrogens is 663 g/mol. The number of benzene rings is 3. The van der Waals surface area contributed by atoms with Crippen molar-refractivity contribution in [3.05, 3.63) is 117 Å². The number of fused-ring (bicyclic) bond motifs is 3. The molecule has 3 saturated heterocycles. The molecule has 1 unspecified atom stereocenters. The van der Waals surface area contributed by atoms with E-state index >= 15 is 0 Å². The van der Waals surface area contributed by atoms with Crippen LogP contribution in [0.2, 0.25) is 0 Å². The highest BCUT2D eigenvalue weighted by Crippen LogP contribution is 2.37. The summed E-state index contributed by atoms with van der Waals surface area (Å²) in [7, 11) is 3.10. The van der Waals surface area contributed by atoms with Crippen LogP contribution >= 0.6 is 23.2 Å². The molecule has 49 heavy (non-hydrogen) atoms. The number of piperidine rings is 3. The number of hydrogen-bond acceptors (Lipinski definition) is 8. The van der Waals surface area contributed by atoms with Gasteiger partial charge in [-0.15, -0.1) is 0 Å². The van der Waals surface area contributed by atoms with E-state index in [0.29, 0.717) is 52.1 Å². The number of methoxy groups -OCH3 is 2. The van der Waals surface area contributed by atoms with Crippen LogP contribution in [-0.4, -0.2) is 63.3 Å². The van der Waals surface area contributed by atoms with Crippen LogP contribution in [0.3, 0.4) is 0 Å². The van der Waals surface area contributed by atoms with E-state index < -0.39 is 18.1 Å². The molecule has 0 aliphatic carbocycles. The minimum atomic E-state index is -0.731. The Hall–Kier alpha value is -3.82. The number of esters is 2. The van der Waals surface area contributed by atoms with Crippen LogP contribution in [0.15, 0.2) is 95.0 Å². The second kappa shape index (κ2) is 17.2. The van der Waals surface area contributed by atoms with Gasteiger partial charge < -0.3 is 24.3 Å². The summed E-state index contributed by atoms with van der Waals surface area (Å²) in [5.74, 6) is 0.739. The molecule has 3 aliphatic heterocycles. The van der Waals surface area contributed by atoms with Crippen molar-refractivity contribution in [3.8, 4) is 11.5 Å². The van der Waals surface area contributed by atoms with Crippen LogP contribution in [-0.2, 0) is 20.7 Å². The quantitative estimate of drug-likeness (QED) is 0.127. The summed E-state index contributed by atoms with van der Waals surface area (Å²) in [5.41, 5.74) is 3.53. The maximum absolute atomic E-state index is 13.5. The maximum Gasteiger partial charge on any atom is 0.338 e. The van der Waals surface area contributed by atoms with Gasteiger partial charge in [0.2, 0.25) is 0 Å². The van der Waals surface area contributed by atoms with E-state index in [0.717, 1.165) is 43.6 Å². The van der Waals surface area contributed by atoms with Gasteiger partial charge in [0.25, 0.3) is 0 Å². The Kier molecular flexibility index (Phi) is 12.8. The molecule has 3 atom stereocenters. The van der Waals surface area contributed by atoms with Gasteiger partial charge in [0, 0.05) is 29.6 Å². The Balaban J connectivity index is 1.23. The lowest BCUT2D eigenvalue weighted by Crippen LogP contribution is -2.52. The zero-order chi connectivity index (χ0) is 34.9. The Morgan fingerprint density at radius 3 is 2.22 bits per heavy atom. The molecule has 6 rings (SSSR count). The molecule has 0 aromatic heterocycles. The molecule has 3 aromatic carbocycles. The van der Waals surface area contributed by atoms with Crippen molar-refractivity contribution in [1.82, 2.24) is 10.2 Å². The molecule has 0 spiro atoms. The molecule has 3 aliphatic rings. The van der Waals surface area contributed by atoms with Gasteiger partial charge in [0.1, 0.15) is 18.2 Å². The maximum atomic E-state index is 13.5. The monoisotopic (exact) mass is 706 g/mol. The van der Waals surface area contributed by atoms with Gasteiger partial charge in [-0.1, -0.05) is 78.3 Å². The number of carbonyl (C=O) groups is 2. The number of allylic oxidation sites excluding steroid dienone is 2. The summed E-state index contributed by atoms with van der Waals surface area (Å²) in [6.45, 7) is 9.08. The van der Waals surface area contributed by atoms with E-state index in [4.69, 9.17) is 42.1 Å². The predicted molar refractivity (Wildman–Crippen MR) is 192 cm³/mol. The van der Waals surface area contributed by atoms with Crippen LogP contribution in [0, 0.1) is 5.92 Å². The average molecular weight is 708 g/mol. The van der Waals surface area contributed by atoms with E-state index in [9.17, 15) is 9.59 Å². The van der Waals surface area contributed by atoms with Crippen molar-refractivity contribution in [1.29, 1.82) is 0 Å². The number of hydrogen-bond donors (Lipinski definition) is 1. The van der Waals surface area contributed by atoms with E-state index in [1.807, 2.05) is 48.5 Å². The van der Waals surface area contributed by atoms with Crippen molar-refractivity contribution in [2.75, 3.05) is 40.4 Å². The van der Waals surface area contributed by atoms with E-state index in [-0.39, 0.29) is 23.5 Å². The van der Waals surface area contributed by atoms with Crippen LogP contribution in [0.4, 0.5) is 0 Å². The Morgan fingerprint density at radius 2 is 1.63 bits per heavy atom. The first-order chi connectivity index (χ1) is 23.7. The van der Waals surface area contributed by atoms with Gasteiger partial charge in [0.05, 0.1) is 19.8 Å². The number of ether oxygens (including phenoxy) is 4. The first-order valence-electron chi connectivity index (χ1n) is 16.6. The highest BCUT2D eigenvalue weighted by atomic mass is 35.5. The Labute approximate surface area is 299 Å². The summed E-state index contributed by atoms with van der Waals surface area (Å²) in [5, 5.41) is 4.15. The van der Waals surface area contributed by atoms with Gasteiger partial charge in [0.15, 0.2) is 11.5 Å². The number of nitrogens with one attached hydrogen (secondary N) is 1. The zero-order valence-corrected chi connectivity index (χ0v) is 29.8. The minimum absolute atomic E-state index is 0.0583. The molecule has 260 valence electrons. The lowest BCUT2D eigenvalue weighted by Gasteiger charge is -2.44. The largest absolute Gasteiger partial charge is 0.493 e. The highest BCUT2D eigenvalue weighted by molar-refractivity contribution is 6.35. The minimum Gasteiger partial charge on any atom is -0.493 e. The first-order valence-corrected chi connectivity index (χ1v) is 17.4. The second-order valence-corrected chi connectivity index (χ2v) is 13.5. The normalized spacial score (nSPS) is 20.1. The molecule has 3 fully saturated rings. The molecule has 8 nitrogen and oxygen atoms in total. The third-order valence-corrected chi connectivity index (χ3v) is 9.80. The van der Waals surface area contributed by atoms with Crippen LogP contribution in [0.25, 0.3) is 0 Å². The Morgan fingerprint density at radius 1 is 0.939 bits per heavy atom. The van der Waals surface area contributed by atoms with E-state index in [1.165, 1.54) is 0 Å². The summed E-state index contributed by atoms with van der Waals surface area (Å²) in [6.07, 6.45) is 2.23. The summed E-state index contributed by atoms with van der Waals surface area (Å²) >= 11 is 12.6. The fourth-order valence-corrected chi connectivity index (χ4v) is 6.97. The molecular formula is C39H44Cl2N2O6. The van der Waals surface area contributed by atoms with Crippen LogP contribution < -0.4 is 14.8 Å². The predicted octanol–water partition coefficient (Wildman–Crippen LogP) is 7.77. The van der Waals surface area contributed by atoms with Crippen molar-refractivity contribution < 1.29 is 28.5 Å². The molecule has 1 N–H and O–H groups in total. The summed E-state index contributed by atoms with van der Waals surface area (Å²) < 4.78 is 23.0. The molecule has 0 amide bonds. The van der Waals surface area contributed by atoms with Crippen molar-refractivity contribution in [3.63, 3.8) is 0 Å². The second-order valence-electron chi connectivity index (χ2n) is 12.5. The number of nitrogens with zero attached hydrogens (tertiary/aromatic N) is 1. The van der Waals surface area contributed by atoms with E-state index in [2.05, 4.69) is 16.8 Å². The fraction of sp³-hybridized carbons (Fsp3) is 0.385. The molecule has 3 aromatic rings. The van der Waals surface area contributed by atoms with Crippen LogP contribution in [0.1, 0.15) is 65.4 Å². The fourth-order valence-electron chi connectivity index (χ4n) is 6.51. The number of carbonyl (C=O) groups excluding carboxylic acids is 2. The molecule has 0 radical (unpaired) electrons. The highest BCUT2D eigenvalue weighted by Gasteiger charge is 2.37. The SMILES string of the molecule is C=C(Cl)/C(C[C@H](OC(=O)c1ccc(CCNC(C(=O)O[C@H]2CN3CCC2CC3)c2ccccc2)cc1)c1ccc(OC)c(OC)c1)=C(\C)Cl. The third-order valence-electron chi connectivity index (χ3n) is 9.35. The Bertz CT molecular complexity index is 1630. The van der Waals surface area contributed by atoms with Crippen molar-refractivity contribution in [2.24, 2.45) is 5.92 Å². The molecule has 0 saturated carbocycles. The number of halogens is 2. The summed E-state index contributed by atoms with van der Waals surface area (Å²) in [4.78, 5) is 29.3. The smallest absolute Gasteiger partial charge is 0.338 e. The molecule has 10 heteroatoms. The summed E-state index contributed by atoms with van der Waals surface area (Å²) in [6, 6.07) is 21.7. The topological polar surface area (TPSA) is 86.3 Å². The van der Waals surface area contributed by atoms with Gasteiger partial charge in [-0.25, -0.2) is 9.59 Å². The van der Waals surface area contributed by atoms with Crippen molar-refractivity contribution in [2.45, 2.75) is 50.9 Å². The average Bonchev–Trinajstić information content (AvgIpc) is 3.12. The van der Waals surface area contributed by atoms with Crippen LogP contribution in [0.5, 0.6) is 11.5 Å².